The average molecular weight is 255 g/mol. The van der Waals surface area contributed by atoms with Crippen molar-refractivity contribution in [1.82, 2.24) is 0 Å². The van der Waals surface area contributed by atoms with Crippen LogP contribution in [0.25, 0.3) is 0 Å². The van der Waals surface area contributed by atoms with E-state index in [0.717, 1.165) is 0 Å². The van der Waals surface area contributed by atoms with Gasteiger partial charge in [-0.2, -0.15) is 0 Å². The number of carbonyl (C=O) groups is 1. The topological polar surface area (TPSA) is 121 Å². The molecule has 1 aromatic carbocycles. The molecule has 0 heterocycles. The van der Waals surface area contributed by atoms with Crippen LogP contribution < -0.4 is 29.6 Å². The number of nitro groups is 1. The SMILES string of the molecule is O=Cc1ccccc1[N+](=O)[O-].O=S([O-])O.[Na+]. The molecule has 0 saturated heterocycles. The van der Waals surface area contributed by atoms with E-state index in [0.29, 0.717) is 6.29 Å². The zero-order chi connectivity index (χ0) is 11.8. The van der Waals surface area contributed by atoms with Gasteiger partial charge in [0.2, 0.25) is 0 Å². The van der Waals surface area contributed by atoms with Crippen molar-refractivity contribution in [2.24, 2.45) is 0 Å². The molecule has 0 aliphatic carbocycles. The molecule has 7 nitrogen and oxygen atoms in total. The van der Waals surface area contributed by atoms with Crippen molar-refractivity contribution < 1.29 is 52.6 Å². The van der Waals surface area contributed by atoms with Gasteiger partial charge >= 0.3 is 29.6 Å². The molecule has 16 heavy (non-hydrogen) atoms. The summed E-state index contributed by atoms with van der Waals surface area (Å²) in [4.78, 5) is 19.9. The third kappa shape index (κ3) is 7.63. The van der Waals surface area contributed by atoms with Gasteiger partial charge in [0, 0.05) is 6.07 Å². The van der Waals surface area contributed by atoms with Crippen molar-refractivity contribution in [3.05, 3.63) is 39.9 Å². The number of rotatable bonds is 2. The van der Waals surface area contributed by atoms with Gasteiger partial charge in [0.25, 0.3) is 5.69 Å². The molecule has 0 spiro atoms. The maximum absolute atomic E-state index is 10.2. The van der Waals surface area contributed by atoms with E-state index in [1.54, 1.807) is 6.07 Å². The normalized spacial score (nSPS) is 10.1. The van der Waals surface area contributed by atoms with E-state index in [4.69, 9.17) is 13.3 Å². The first-order valence-corrected chi connectivity index (χ1v) is 4.49. The van der Waals surface area contributed by atoms with E-state index in [9.17, 15) is 14.9 Å². The van der Waals surface area contributed by atoms with Crippen molar-refractivity contribution in [3.63, 3.8) is 0 Å². The van der Waals surface area contributed by atoms with Gasteiger partial charge in [-0.15, -0.1) is 0 Å². The molecular formula is C7H6NNaO6S. The molecule has 0 bridgehead atoms. The van der Waals surface area contributed by atoms with E-state index in [-0.39, 0.29) is 40.8 Å². The van der Waals surface area contributed by atoms with Crippen LogP contribution in [0.3, 0.4) is 0 Å². The molecule has 1 rings (SSSR count). The summed E-state index contributed by atoms with van der Waals surface area (Å²) >= 11 is -2.86. The number of nitro benzene ring substituents is 1. The number of carbonyl (C=O) groups excluding carboxylic acids is 1. The molecule has 0 aromatic heterocycles. The molecule has 1 unspecified atom stereocenters. The van der Waals surface area contributed by atoms with Gasteiger partial charge in [0.05, 0.1) is 21.8 Å². The van der Waals surface area contributed by atoms with Crippen molar-refractivity contribution in [1.29, 1.82) is 0 Å². The molecule has 1 N–H and O–H groups in total. The van der Waals surface area contributed by atoms with Gasteiger partial charge in [0.15, 0.2) is 6.29 Å². The van der Waals surface area contributed by atoms with Crippen LogP contribution in [0.15, 0.2) is 24.3 Å². The van der Waals surface area contributed by atoms with Crippen molar-refractivity contribution >= 4 is 23.3 Å². The van der Waals surface area contributed by atoms with Crippen LogP contribution in [-0.2, 0) is 11.4 Å². The largest absolute Gasteiger partial charge is 1.00 e. The smallest absolute Gasteiger partial charge is 0.750 e. The molecule has 0 saturated carbocycles. The Morgan fingerprint density at radius 3 is 2.12 bits per heavy atom. The van der Waals surface area contributed by atoms with E-state index in [1.807, 2.05) is 0 Å². The van der Waals surface area contributed by atoms with E-state index >= 15 is 0 Å². The van der Waals surface area contributed by atoms with Gasteiger partial charge < -0.3 is 9.11 Å². The number of benzene rings is 1. The standard InChI is InChI=1S/C7H5NO3.Na.H2O3S/c9-5-6-3-1-2-4-7(6)8(10)11;;1-4(2)3/h1-5H;;(H2,1,2,3)/q;+1;/p-1. The molecule has 0 fully saturated rings. The van der Waals surface area contributed by atoms with Gasteiger partial charge in [0.1, 0.15) is 0 Å². The van der Waals surface area contributed by atoms with Crippen molar-refractivity contribution in [2.45, 2.75) is 0 Å². The quantitative estimate of drug-likeness (QED) is 0.209. The van der Waals surface area contributed by atoms with Crippen LogP contribution in [0, 0.1) is 10.1 Å². The molecule has 9 heteroatoms. The van der Waals surface area contributed by atoms with Crippen LogP contribution >= 0.6 is 0 Å². The van der Waals surface area contributed by atoms with Gasteiger partial charge in [-0.25, -0.2) is 4.21 Å². The fourth-order valence-corrected chi connectivity index (χ4v) is 0.753. The Hall–Kier alpha value is -0.640. The van der Waals surface area contributed by atoms with Crippen LogP contribution in [0.1, 0.15) is 10.4 Å². The Kier molecular flexibility index (Phi) is 10.6. The molecule has 1 atom stereocenters. The molecule has 0 aliphatic rings. The Morgan fingerprint density at radius 2 is 1.81 bits per heavy atom. The third-order valence-corrected chi connectivity index (χ3v) is 1.26. The van der Waals surface area contributed by atoms with E-state index in [1.165, 1.54) is 18.2 Å². The maximum Gasteiger partial charge on any atom is 1.00 e. The summed E-state index contributed by atoms with van der Waals surface area (Å²) in [5.74, 6) is 0. The van der Waals surface area contributed by atoms with Crippen LogP contribution in [-0.4, -0.2) is 24.5 Å². The Morgan fingerprint density at radius 1 is 1.38 bits per heavy atom. The van der Waals surface area contributed by atoms with Gasteiger partial charge in [-0.1, -0.05) is 12.1 Å². The monoisotopic (exact) mass is 255 g/mol. The first-order chi connectivity index (χ1) is 6.99. The van der Waals surface area contributed by atoms with Crippen molar-refractivity contribution in [2.75, 3.05) is 0 Å². The fourth-order valence-electron chi connectivity index (χ4n) is 0.753. The second-order valence-electron chi connectivity index (χ2n) is 2.15. The van der Waals surface area contributed by atoms with E-state index < -0.39 is 16.3 Å². The summed E-state index contributed by atoms with van der Waals surface area (Å²) in [6.07, 6.45) is 0.470. The second-order valence-corrected chi connectivity index (χ2v) is 2.59. The van der Waals surface area contributed by atoms with Crippen LogP contribution in [0.4, 0.5) is 5.69 Å². The third-order valence-electron chi connectivity index (χ3n) is 1.26. The summed E-state index contributed by atoms with van der Waals surface area (Å²) in [5.41, 5.74) is -0.0417. The molecule has 0 radical (unpaired) electrons. The minimum absolute atomic E-state index is 0. The van der Waals surface area contributed by atoms with Crippen molar-refractivity contribution in [3.8, 4) is 0 Å². The minimum atomic E-state index is -2.86. The molecule has 0 amide bonds. The Bertz CT molecular complexity index is 381. The predicted octanol–water partition coefficient (Wildman–Crippen LogP) is -2.25. The number of nitrogens with zero attached hydrogens (tertiary/aromatic N) is 1. The average Bonchev–Trinajstić information content (AvgIpc) is 2.16. The summed E-state index contributed by atoms with van der Waals surface area (Å²) < 4.78 is 24.1. The summed E-state index contributed by atoms with van der Waals surface area (Å²) in [6.45, 7) is 0. The predicted molar refractivity (Wildman–Crippen MR) is 50.0 cm³/mol. The molecule has 1 aromatic rings. The summed E-state index contributed by atoms with van der Waals surface area (Å²) in [5, 5.41) is 10.2. The first kappa shape index (κ1) is 17.7. The molecule has 82 valence electrons. The summed E-state index contributed by atoms with van der Waals surface area (Å²) in [7, 11) is 0. The Balaban J connectivity index is 0. The zero-order valence-corrected chi connectivity index (χ0v) is 11.0. The minimum Gasteiger partial charge on any atom is -0.750 e. The zero-order valence-electron chi connectivity index (χ0n) is 8.23. The molecule has 0 aliphatic heterocycles. The number of hydrogen-bond acceptors (Lipinski definition) is 5. The molecular weight excluding hydrogens is 249 g/mol. The first-order valence-electron chi connectivity index (χ1n) is 3.46. The van der Waals surface area contributed by atoms with Crippen LogP contribution in [0.5, 0.6) is 0 Å². The summed E-state index contributed by atoms with van der Waals surface area (Å²) in [6, 6.07) is 5.80. The number of hydrogen-bond donors (Lipinski definition) is 1. The van der Waals surface area contributed by atoms with Gasteiger partial charge in [-0.3, -0.25) is 14.9 Å². The Labute approximate surface area is 115 Å². The second kappa shape index (κ2) is 9.58. The van der Waals surface area contributed by atoms with E-state index in [2.05, 4.69) is 0 Å². The van der Waals surface area contributed by atoms with Gasteiger partial charge in [-0.05, 0) is 6.07 Å². The number of aldehydes is 1. The number of para-hydroxylation sites is 1. The fraction of sp³-hybridized carbons (Fsp3) is 0. The van der Waals surface area contributed by atoms with Crippen LogP contribution in [0.2, 0.25) is 0 Å². The maximum atomic E-state index is 10.2.